The van der Waals surface area contributed by atoms with Crippen molar-refractivity contribution >= 4 is 23.5 Å². The van der Waals surface area contributed by atoms with Gasteiger partial charge in [0, 0.05) is 16.5 Å². The van der Waals surface area contributed by atoms with E-state index in [9.17, 15) is 4.79 Å². The van der Waals surface area contributed by atoms with Gasteiger partial charge in [-0.3, -0.25) is 10.2 Å². The van der Waals surface area contributed by atoms with Crippen molar-refractivity contribution in [1.82, 2.24) is 5.32 Å². The van der Waals surface area contributed by atoms with Crippen molar-refractivity contribution in [2.45, 2.75) is 30.7 Å². The van der Waals surface area contributed by atoms with Gasteiger partial charge in [0.25, 0.3) is 0 Å². The smallest absolute Gasteiger partial charge is 0.230 e. The summed E-state index contributed by atoms with van der Waals surface area (Å²) in [7, 11) is 0. The Morgan fingerprint density at radius 3 is 2.89 bits per heavy atom. The molecule has 0 spiro atoms. The molecule has 96 valence electrons. The molecular weight excluding hydrogens is 246 g/mol. The number of nitrogens with two attached hydrogens (primary N) is 1. The molecule has 0 heterocycles. The van der Waals surface area contributed by atoms with Crippen molar-refractivity contribution in [2.75, 3.05) is 5.75 Å². The maximum atomic E-state index is 11.6. The van der Waals surface area contributed by atoms with E-state index in [1.807, 2.05) is 25.1 Å². The van der Waals surface area contributed by atoms with E-state index in [0.717, 1.165) is 23.3 Å². The predicted molar refractivity (Wildman–Crippen MR) is 74.1 cm³/mol. The molecule has 1 saturated carbocycles. The first-order valence-electron chi connectivity index (χ1n) is 5.93. The lowest BCUT2D eigenvalue weighted by Gasteiger charge is -2.09. The molecule has 1 amide bonds. The topological polar surface area (TPSA) is 79.0 Å². The van der Waals surface area contributed by atoms with Gasteiger partial charge >= 0.3 is 0 Å². The monoisotopic (exact) mass is 263 g/mol. The largest absolute Gasteiger partial charge is 0.384 e. The molecule has 18 heavy (non-hydrogen) atoms. The number of amides is 1. The Hall–Kier alpha value is -1.49. The summed E-state index contributed by atoms with van der Waals surface area (Å²) in [6, 6.07) is 6.11. The Balaban J connectivity index is 2.00. The van der Waals surface area contributed by atoms with Crippen LogP contribution in [0, 0.1) is 12.3 Å². The van der Waals surface area contributed by atoms with Crippen LogP contribution in [-0.4, -0.2) is 23.5 Å². The highest BCUT2D eigenvalue weighted by molar-refractivity contribution is 8.00. The van der Waals surface area contributed by atoms with E-state index in [1.165, 1.54) is 11.8 Å². The number of carbonyl (C=O) groups is 1. The van der Waals surface area contributed by atoms with Crippen LogP contribution >= 0.6 is 11.8 Å². The molecule has 0 atom stereocenters. The van der Waals surface area contributed by atoms with Crippen LogP contribution in [0.2, 0.25) is 0 Å². The minimum Gasteiger partial charge on any atom is -0.384 e. The highest BCUT2D eigenvalue weighted by Crippen LogP contribution is 2.24. The van der Waals surface area contributed by atoms with Gasteiger partial charge in [-0.25, -0.2) is 0 Å². The number of nitrogens with one attached hydrogen (secondary N) is 2. The lowest BCUT2D eigenvalue weighted by Crippen LogP contribution is -2.27. The first-order chi connectivity index (χ1) is 8.56. The fourth-order valence-corrected chi connectivity index (χ4v) is 2.58. The second kappa shape index (κ2) is 5.44. The van der Waals surface area contributed by atoms with Crippen molar-refractivity contribution in [3.63, 3.8) is 0 Å². The number of thioether (sulfide) groups is 1. The molecule has 0 bridgehead atoms. The van der Waals surface area contributed by atoms with E-state index in [0.29, 0.717) is 17.4 Å². The predicted octanol–water partition coefficient (Wildman–Crippen LogP) is 1.65. The molecule has 0 aromatic heterocycles. The Labute approximate surface area is 111 Å². The third-order valence-electron chi connectivity index (χ3n) is 2.73. The highest BCUT2D eigenvalue weighted by Gasteiger charge is 2.23. The van der Waals surface area contributed by atoms with E-state index in [1.54, 1.807) is 0 Å². The fourth-order valence-electron chi connectivity index (χ4n) is 1.61. The summed E-state index contributed by atoms with van der Waals surface area (Å²) in [5.74, 6) is 0.471. The third kappa shape index (κ3) is 3.50. The number of nitrogen functional groups attached to an aromatic ring is 1. The van der Waals surface area contributed by atoms with Crippen LogP contribution < -0.4 is 11.1 Å². The third-order valence-corrected chi connectivity index (χ3v) is 3.78. The molecule has 1 aromatic carbocycles. The molecule has 0 saturated heterocycles. The van der Waals surface area contributed by atoms with Gasteiger partial charge in [-0.15, -0.1) is 11.8 Å². The average molecular weight is 263 g/mol. The highest BCUT2D eigenvalue weighted by atomic mass is 32.2. The molecule has 2 rings (SSSR count). The van der Waals surface area contributed by atoms with E-state index in [-0.39, 0.29) is 11.7 Å². The van der Waals surface area contributed by atoms with E-state index in [4.69, 9.17) is 11.1 Å². The zero-order chi connectivity index (χ0) is 13.1. The van der Waals surface area contributed by atoms with Gasteiger partial charge in [0.1, 0.15) is 5.84 Å². The van der Waals surface area contributed by atoms with Gasteiger partial charge in [-0.2, -0.15) is 0 Å². The lowest BCUT2D eigenvalue weighted by molar-refractivity contribution is -0.118. The molecule has 4 nitrogen and oxygen atoms in total. The van der Waals surface area contributed by atoms with Crippen molar-refractivity contribution in [2.24, 2.45) is 5.73 Å². The summed E-state index contributed by atoms with van der Waals surface area (Å²) in [6.45, 7) is 1.98. The standard InChI is InChI=1S/C13H17N3OS/c1-8-2-5-10(13(14)15)11(6-8)18-7-12(17)16-9-3-4-9/h2,5-6,9H,3-4,7H2,1H3,(H3,14,15)(H,16,17). The Morgan fingerprint density at radius 2 is 2.28 bits per heavy atom. The average Bonchev–Trinajstić information content (AvgIpc) is 3.10. The van der Waals surface area contributed by atoms with Crippen molar-refractivity contribution < 1.29 is 4.79 Å². The second-order valence-corrected chi connectivity index (χ2v) is 5.56. The Kier molecular flexibility index (Phi) is 3.91. The molecule has 1 aliphatic carbocycles. The van der Waals surface area contributed by atoms with Crippen LogP contribution in [0.3, 0.4) is 0 Å². The van der Waals surface area contributed by atoms with Gasteiger partial charge in [-0.1, -0.05) is 6.07 Å². The maximum absolute atomic E-state index is 11.6. The fraction of sp³-hybridized carbons (Fsp3) is 0.385. The molecule has 0 unspecified atom stereocenters. The lowest BCUT2D eigenvalue weighted by atomic mass is 10.1. The molecular formula is C13H17N3OS. The van der Waals surface area contributed by atoms with Gasteiger partial charge in [0.05, 0.1) is 5.75 Å². The van der Waals surface area contributed by atoms with Crippen molar-refractivity contribution in [1.29, 1.82) is 5.41 Å². The van der Waals surface area contributed by atoms with E-state index < -0.39 is 0 Å². The number of amidine groups is 1. The van der Waals surface area contributed by atoms with Crippen LogP contribution in [0.25, 0.3) is 0 Å². The first-order valence-corrected chi connectivity index (χ1v) is 6.92. The Morgan fingerprint density at radius 1 is 1.56 bits per heavy atom. The number of hydrogen-bond acceptors (Lipinski definition) is 3. The summed E-state index contributed by atoms with van der Waals surface area (Å²) in [5.41, 5.74) is 7.33. The second-order valence-electron chi connectivity index (χ2n) is 4.54. The number of benzene rings is 1. The minimum absolute atomic E-state index is 0.0418. The number of rotatable bonds is 5. The molecule has 1 aromatic rings. The van der Waals surface area contributed by atoms with Crippen molar-refractivity contribution in [3.05, 3.63) is 29.3 Å². The minimum atomic E-state index is 0.0418. The summed E-state index contributed by atoms with van der Waals surface area (Å²) >= 11 is 1.43. The summed E-state index contributed by atoms with van der Waals surface area (Å²) < 4.78 is 0. The number of hydrogen-bond donors (Lipinski definition) is 3. The molecule has 0 aliphatic heterocycles. The summed E-state index contributed by atoms with van der Waals surface area (Å²) in [5, 5.41) is 10.5. The molecule has 1 aliphatic rings. The Bertz CT molecular complexity index is 483. The number of carbonyl (C=O) groups excluding carboxylic acids is 1. The first kappa shape index (κ1) is 13.0. The maximum Gasteiger partial charge on any atom is 0.230 e. The quantitative estimate of drug-likeness (QED) is 0.429. The van der Waals surface area contributed by atoms with Crippen LogP contribution in [-0.2, 0) is 4.79 Å². The van der Waals surface area contributed by atoms with E-state index >= 15 is 0 Å². The van der Waals surface area contributed by atoms with Crippen molar-refractivity contribution in [3.8, 4) is 0 Å². The summed E-state index contributed by atoms with van der Waals surface area (Å²) in [6.07, 6.45) is 2.19. The van der Waals surface area contributed by atoms with Gasteiger partial charge in [-0.05, 0) is 37.5 Å². The van der Waals surface area contributed by atoms with Gasteiger partial charge < -0.3 is 11.1 Å². The van der Waals surface area contributed by atoms with Crippen LogP contribution in [0.5, 0.6) is 0 Å². The number of aryl methyl sites for hydroxylation is 1. The zero-order valence-electron chi connectivity index (χ0n) is 10.3. The molecule has 1 fully saturated rings. The molecule has 5 heteroatoms. The molecule has 4 N–H and O–H groups in total. The zero-order valence-corrected chi connectivity index (χ0v) is 11.1. The molecule has 0 radical (unpaired) electrons. The van der Waals surface area contributed by atoms with E-state index in [2.05, 4.69) is 5.32 Å². The van der Waals surface area contributed by atoms with Gasteiger partial charge in [0.2, 0.25) is 5.91 Å². The van der Waals surface area contributed by atoms with Crippen LogP contribution in [0.15, 0.2) is 23.1 Å². The SMILES string of the molecule is Cc1ccc(C(=N)N)c(SCC(=O)NC2CC2)c1. The van der Waals surface area contributed by atoms with Crippen LogP contribution in [0.4, 0.5) is 0 Å². The van der Waals surface area contributed by atoms with Gasteiger partial charge in [0.15, 0.2) is 0 Å². The normalized spacial score (nSPS) is 14.3. The van der Waals surface area contributed by atoms with Crippen LogP contribution in [0.1, 0.15) is 24.0 Å². The summed E-state index contributed by atoms with van der Waals surface area (Å²) in [4.78, 5) is 12.5.